The van der Waals surface area contributed by atoms with Gasteiger partial charge in [-0.1, -0.05) is 45.9 Å². The van der Waals surface area contributed by atoms with Crippen molar-refractivity contribution < 1.29 is 8.42 Å². The van der Waals surface area contributed by atoms with Crippen LogP contribution in [0, 0.1) is 5.41 Å². The predicted molar refractivity (Wildman–Crippen MR) is 84.8 cm³/mol. The molecule has 0 radical (unpaired) electrons. The van der Waals surface area contributed by atoms with E-state index in [9.17, 15) is 8.42 Å². The summed E-state index contributed by atoms with van der Waals surface area (Å²) < 4.78 is 26.6. The molecular weight excluding hydrogens is 272 g/mol. The highest BCUT2D eigenvalue weighted by Crippen LogP contribution is 2.22. The summed E-state index contributed by atoms with van der Waals surface area (Å²) in [6.07, 6.45) is 0.788. The Hall–Kier alpha value is -1.07. The number of hydrogen-bond acceptors (Lipinski definition) is 3. The molecule has 0 bridgehead atoms. The van der Waals surface area contributed by atoms with Gasteiger partial charge in [-0.3, -0.25) is 0 Å². The number of nitrogens with zero attached hydrogens (tertiary/aromatic N) is 1. The molecule has 0 atom stereocenters. The third-order valence-electron chi connectivity index (χ3n) is 2.88. The molecule has 0 heterocycles. The zero-order valence-corrected chi connectivity index (χ0v) is 13.7. The number of para-hydroxylation sites is 1. The number of anilines is 1. The molecule has 20 heavy (non-hydrogen) atoms. The maximum Gasteiger partial charge on any atom is 0.214 e. The molecule has 0 aliphatic carbocycles. The van der Waals surface area contributed by atoms with Crippen molar-refractivity contribution in [3.8, 4) is 0 Å². The van der Waals surface area contributed by atoms with Gasteiger partial charge in [0.1, 0.15) is 0 Å². The molecule has 1 aromatic carbocycles. The normalized spacial score (nSPS) is 12.8. The van der Waals surface area contributed by atoms with Crippen LogP contribution in [0.15, 0.2) is 24.3 Å². The highest BCUT2D eigenvalue weighted by molar-refractivity contribution is 7.89. The summed E-state index contributed by atoms with van der Waals surface area (Å²) in [6.45, 7) is 8.66. The van der Waals surface area contributed by atoms with Crippen LogP contribution in [0.1, 0.15) is 39.7 Å². The second-order valence-corrected chi connectivity index (χ2v) is 8.32. The number of rotatable bonds is 6. The Morgan fingerprint density at radius 2 is 1.80 bits per heavy atom. The van der Waals surface area contributed by atoms with Gasteiger partial charge in [-0.2, -0.15) is 4.31 Å². The number of sulfonamides is 1. The van der Waals surface area contributed by atoms with E-state index in [0.717, 1.165) is 12.0 Å². The summed E-state index contributed by atoms with van der Waals surface area (Å²) in [7, 11) is -3.28. The molecule has 2 N–H and O–H groups in total. The first-order valence-corrected chi connectivity index (χ1v) is 8.58. The van der Waals surface area contributed by atoms with Crippen molar-refractivity contribution in [3.05, 3.63) is 29.8 Å². The Balaban J connectivity index is 2.98. The fourth-order valence-electron chi connectivity index (χ4n) is 2.07. The van der Waals surface area contributed by atoms with E-state index in [1.54, 1.807) is 10.4 Å². The minimum absolute atomic E-state index is 0.146. The molecule has 1 rings (SSSR count). The molecule has 0 aliphatic heterocycles. The van der Waals surface area contributed by atoms with Gasteiger partial charge in [0.25, 0.3) is 0 Å². The van der Waals surface area contributed by atoms with E-state index < -0.39 is 10.0 Å². The van der Waals surface area contributed by atoms with Crippen molar-refractivity contribution in [2.45, 2.75) is 40.7 Å². The van der Waals surface area contributed by atoms with E-state index in [0.29, 0.717) is 18.8 Å². The Kier molecular flexibility index (Phi) is 5.59. The van der Waals surface area contributed by atoms with E-state index >= 15 is 0 Å². The largest absolute Gasteiger partial charge is 0.398 e. The van der Waals surface area contributed by atoms with Gasteiger partial charge < -0.3 is 5.73 Å². The van der Waals surface area contributed by atoms with Gasteiger partial charge in [0.05, 0.1) is 5.75 Å². The molecule has 114 valence electrons. The first-order valence-electron chi connectivity index (χ1n) is 6.97. The van der Waals surface area contributed by atoms with Gasteiger partial charge >= 0.3 is 0 Å². The lowest BCUT2D eigenvalue weighted by Gasteiger charge is -2.27. The van der Waals surface area contributed by atoms with E-state index in [-0.39, 0.29) is 11.2 Å². The number of benzene rings is 1. The van der Waals surface area contributed by atoms with E-state index in [1.165, 1.54) is 0 Å². The van der Waals surface area contributed by atoms with Gasteiger partial charge in [-0.15, -0.1) is 0 Å². The molecule has 0 amide bonds. The average Bonchev–Trinajstić information content (AvgIpc) is 2.28. The van der Waals surface area contributed by atoms with Gasteiger partial charge in [0.15, 0.2) is 0 Å². The lowest BCUT2D eigenvalue weighted by Crippen LogP contribution is -2.37. The Labute approximate surface area is 123 Å². The molecule has 0 saturated carbocycles. The summed E-state index contributed by atoms with van der Waals surface area (Å²) in [5.41, 5.74) is 7.16. The fraction of sp³-hybridized carbons (Fsp3) is 0.600. The van der Waals surface area contributed by atoms with Gasteiger partial charge in [0, 0.05) is 18.8 Å². The molecule has 0 saturated heterocycles. The van der Waals surface area contributed by atoms with Crippen molar-refractivity contribution in [1.82, 2.24) is 4.31 Å². The van der Waals surface area contributed by atoms with E-state index in [4.69, 9.17) is 5.73 Å². The van der Waals surface area contributed by atoms with Gasteiger partial charge in [-0.25, -0.2) is 8.42 Å². The molecule has 0 spiro atoms. The first kappa shape index (κ1) is 17.0. The molecule has 0 unspecified atom stereocenters. The summed E-state index contributed by atoms with van der Waals surface area (Å²) in [5, 5.41) is 0. The van der Waals surface area contributed by atoms with Crippen molar-refractivity contribution in [3.63, 3.8) is 0 Å². The lowest BCUT2D eigenvalue weighted by atomic mass is 10.0. The van der Waals surface area contributed by atoms with Crippen LogP contribution in [0.3, 0.4) is 0 Å². The van der Waals surface area contributed by atoms with Crippen molar-refractivity contribution >= 4 is 15.7 Å². The minimum Gasteiger partial charge on any atom is -0.398 e. The molecule has 1 aromatic rings. The Morgan fingerprint density at radius 3 is 2.30 bits per heavy atom. The topological polar surface area (TPSA) is 63.4 Å². The van der Waals surface area contributed by atoms with Crippen LogP contribution in [-0.4, -0.2) is 25.0 Å². The average molecular weight is 298 g/mol. The molecule has 4 nitrogen and oxygen atoms in total. The van der Waals surface area contributed by atoms with Crippen molar-refractivity contribution in [1.29, 1.82) is 0 Å². The Morgan fingerprint density at radius 1 is 1.20 bits per heavy atom. The maximum atomic E-state index is 12.5. The van der Waals surface area contributed by atoms with Gasteiger partial charge in [0.2, 0.25) is 10.0 Å². The summed E-state index contributed by atoms with van der Waals surface area (Å²) in [6, 6.07) is 7.42. The third kappa shape index (κ3) is 5.13. The van der Waals surface area contributed by atoms with Crippen LogP contribution in [0.4, 0.5) is 5.69 Å². The van der Waals surface area contributed by atoms with Crippen LogP contribution in [0.5, 0.6) is 0 Å². The lowest BCUT2D eigenvalue weighted by molar-refractivity contribution is 0.384. The first-order chi connectivity index (χ1) is 9.15. The van der Waals surface area contributed by atoms with E-state index in [2.05, 4.69) is 0 Å². The summed E-state index contributed by atoms with van der Waals surface area (Å²) in [4.78, 5) is 0. The standard InChI is InChI=1S/C15H26N2O2S/c1-5-10-17(20(18,19)12-15(2,3)4)11-13-8-6-7-9-14(13)16/h6-9H,5,10-12,16H2,1-4H3. The highest BCUT2D eigenvalue weighted by atomic mass is 32.2. The number of nitrogens with two attached hydrogens (primary N) is 1. The maximum absolute atomic E-state index is 12.5. The second kappa shape index (κ2) is 6.59. The van der Waals surface area contributed by atoms with Crippen molar-refractivity contribution in [2.75, 3.05) is 18.0 Å². The van der Waals surface area contributed by atoms with Crippen LogP contribution in [0.25, 0.3) is 0 Å². The molecular formula is C15H26N2O2S. The SMILES string of the molecule is CCCN(Cc1ccccc1N)S(=O)(=O)CC(C)(C)C. The van der Waals surface area contributed by atoms with Crippen LogP contribution >= 0.6 is 0 Å². The van der Waals surface area contributed by atoms with Crippen LogP contribution < -0.4 is 5.73 Å². The summed E-state index contributed by atoms with van der Waals surface area (Å²) in [5.74, 6) is 0.146. The quantitative estimate of drug-likeness (QED) is 0.821. The summed E-state index contributed by atoms with van der Waals surface area (Å²) >= 11 is 0. The molecule has 5 heteroatoms. The number of nitrogen functional groups attached to an aromatic ring is 1. The monoisotopic (exact) mass is 298 g/mol. The minimum atomic E-state index is -3.28. The fourth-order valence-corrected chi connectivity index (χ4v) is 4.15. The zero-order chi connectivity index (χ0) is 15.4. The molecule has 0 aliphatic rings. The predicted octanol–water partition coefficient (Wildman–Crippen LogP) is 2.86. The van der Waals surface area contributed by atoms with E-state index in [1.807, 2.05) is 45.9 Å². The molecule has 0 aromatic heterocycles. The van der Waals surface area contributed by atoms with Crippen molar-refractivity contribution in [2.24, 2.45) is 5.41 Å². The number of hydrogen-bond donors (Lipinski definition) is 1. The Bertz CT molecular complexity index is 533. The third-order valence-corrected chi connectivity index (χ3v) is 5.21. The highest BCUT2D eigenvalue weighted by Gasteiger charge is 2.27. The molecule has 0 fully saturated rings. The van der Waals surface area contributed by atoms with Gasteiger partial charge in [-0.05, 0) is 23.5 Å². The smallest absolute Gasteiger partial charge is 0.214 e. The van der Waals surface area contributed by atoms with Crippen LogP contribution in [0.2, 0.25) is 0 Å². The zero-order valence-electron chi connectivity index (χ0n) is 12.9. The van der Waals surface area contributed by atoms with Crippen LogP contribution in [-0.2, 0) is 16.6 Å². The second-order valence-electron chi connectivity index (χ2n) is 6.35.